The number of carbonyl (C=O) groups excluding carboxylic acids is 1. The predicted octanol–water partition coefficient (Wildman–Crippen LogP) is 3.81. The molecule has 0 aliphatic carbocycles. The van der Waals surface area contributed by atoms with Crippen molar-refractivity contribution in [2.24, 2.45) is 0 Å². The van der Waals surface area contributed by atoms with Crippen molar-refractivity contribution in [1.82, 2.24) is 10.6 Å². The van der Waals surface area contributed by atoms with Gasteiger partial charge in [-0.1, -0.05) is 24.3 Å². The number of carbonyl (C=O) groups is 1. The van der Waals surface area contributed by atoms with E-state index in [1.807, 2.05) is 30.3 Å². The van der Waals surface area contributed by atoms with Gasteiger partial charge in [0.2, 0.25) is 5.91 Å². The van der Waals surface area contributed by atoms with Crippen LogP contribution in [0.3, 0.4) is 0 Å². The first-order chi connectivity index (χ1) is 13.1. The van der Waals surface area contributed by atoms with Crippen molar-refractivity contribution in [2.45, 2.75) is 31.2 Å². The fourth-order valence-corrected chi connectivity index (χ4v) is 3.37. The molecule has 2 aromatic carbocycles. The SMILES string of the molecule is Cl.O=C(CCCOc1ccccc1)NC1CNCCC1c1ccc(F)c(F)c1. The molecule has 7 heteroatoms. The highest BCUT2D eigenvalue weighted by Gasteiger charge is 2.28. The lowest BCUT2D eigenvalue weighted by Crippen LogP contribution is -2.50. The molecule has 2 aromatic rings. The lowest BCUT2D eigenvalue weighted by molar-refractivity contribution is -0.122. The van der Waals surface area contributed by atoms with Gasteiger partial charge in [-0.2, -0.15) is 0 Å². The largest absolute Gasteiger partial charge is 0.494 e. The smallest absolute Gasteiger partial charge is 0.220 e. The molecule has 1 aliphatic heterocycles. The van der Waals surface area contributed by atoms with Crippen molar-refractivity contribution in [3.63, 3.8) is 0 Å². The number of amides is 1. The first kappa shape index (κ1) is 22.1. The van der Waals surface area contributed by atoms with Gasteiger partial charge in [-0.25, -0.2) is 8.78 Å². The molecule has 0 bridgehead atoms. The number of rotatable bonds is 7. The highest BCUT2D eigenvalue weighted by atomic mass is 35.5. The third-order valence-corrected chi connectivity index (χ3v) is 4.76. The Kier molecular flexibility index (Phi) is 8.67. The zero-order chi connectivity index (χ0) is 19.1. The van der Waals surface area contributed by atoms with Crippen LogP contribution < -0.4 is 15.4 Å². The van der Waals surface area contributed by atoms with E-state index in [9.17, 15) is 13.6 Å². The van der Waals surface area contributed by atoms with E-state index < -0.39 is 11.6 Å². The van der Waals surface area contributed by atoms with Crippen molar-refractivity contribution >= 4 is 18.3 Å². The number of ether oxygens (including phenoxy) is 1. The fourth-order valence-electron chi connectivity index (χ4n) is 3.37. The molecule has 0 radical (unpaired) electrons. The predicted molar refractivity (Wildman–Crippen MR) is 107 cm³/mol. The number of hydrogen-bond acceptors (Lipinski definition) is 3. The Balaban J connectivity index is 0.00000280. The molecular weight excluding hydrogens is 386 g/mol. The van der Waals surface area contributed by atoms with Crippen molar-refractivity contribution in [3.8, 4) is 5.75 Å². The molecule has 1 fully saturated rings. The molecule has 152 valence electrons. The number of halogens is 3. The van der Waals surface area contributed by atoms with Gasteiger partial charge < -0.3 is 15.4 Å². The number of hydrogen-bond donors (Lipinski definition) is 2. The summed E-state index contributed by atoms with van der Waals surface area (Å²) < 4.78 is 32.4. The summed E-state index contributed by atoms with van der Waals surface area (Å²) in [6.45, 7) is 1.85. The summed E-state index contributed by atoms with van der Waals surface area (Å²) in [6, 6.07) is 13.3. The van der Waals surface area contributed by atoms with Crippen molar-refractivity contribution in [1.29, 1.82) is 0 Å². The maximum atomic E-state index is 13.6. The number of benzene rings is 2. The normalized spacial score (nSPS) is 18.8. The maximum Gasteiger partial charge on any atom is 0.220 e. The molecule has 0 aromatic heterocycles. The summed E-state index contributed by atoms with van der Waals surface area (Å²) in [5, 5.41) is 6.27. The molecule has 0 spiro atoms. The average molecular weight is 411 g/mol. The van der Waals surface area contributed by atoms with Crippen LogP contribution in [0.2, 0.25) is 0 Å². The van der Waals surface area contributed by atoms with E-state index in [-0.39, 0.29) is 30.3 Å². The molecule has 2 atom stereocenters. The van der Waals surface area contributed by atoms with Crippen molar-refractivity contribution in [2.75, 3.05) is 19.7 Å². The summed E-state index contributed by atoms with van der Waals surface area (Å²) in [5.74, 6) is -1.02. The Morgan fingerprint density at radius 2 is 1.93 bits per heavy atom. The Hall–Kier alpha value is -2.18. The molecule has 3 rings (SSSR count). The molecule has 0 saturated carbocycles. The van der Waals surface area contributed by atoms with Gasteiger partial charge in [0.1, 0.15) is 5.75 Å². The van der Waals surface area contributed by atoms with E-state index in [0.29, 0.717) is 31.6 Å². The number of para-hydroxylation sites is 1. The van der Waals surface area contributed by atoms with Crippen LogP contribution in [0, 0.1) is 11.6 Å². The summed E-state index contributed by atoms with van der Waals surface area (Å²) in [7, 11) is 0. The van der Waals surface area contributed by atoms with Gasteiger partial charge in [-0.05, 0) is 49.2 Å². The summed E-state index contributed by atoms with van der Waals surface area (Å²) >= 11 is 0. The summed E-state index contributed by atoms with van der Waals surface area (Å²) in [6.07, 6.45) is 1.72. The zero-order valence-electron chi connectivity index (χ0n) is 15.5. The Morgan fingerprint density at radius 3 is 2.68 bits per heavy atom. The van der Waals surface area contributed by atoms with Gasteiger partial charge in [0.05, 0.1) is 6.61 Å². The van der Waals surface area contributed by atoms with Crippen LogP contribution in [0.1, 0.15) is 30.7 Å². The highest BCUT2D eigenvalue weighted by Crippen LogP contribution is 2.27. The van der Waals surface area contributed by atoms with Crippen LogP contribution in [-0.4, -0.2) is 31.6 Å². The highest BCUT2D eigenvalue weighted by molar-refractivity contribution is 5.85. The van der Waals surface area contributed by atoms with Crippen LogP contribution in [0.5, 0.6) is 5.75 Å². The minimum absolute atomic E-state index is 0. The van der Waals surface area contributed by atoms with Gasteiger partial charge in [-0.15, -0.1) is 12.4 Å². The minimum Gasteiger partial charge on any atom is -0.494 e. The Labute approximate surface area is 170 Å². The maximum absolute atomic E-state index is 13.6. The van der Waals surface area contributed by atoms with Gasteiger partial charge >= 0.3 is 0 Å². The number of nitrogens with one attached hydrogen (secondary N) is 2. The fraction of sp³-hybridized carbons (Fsp3) is 0.381. The van der Waals surface area contributed by atoms with Crippen molar-refractivity contribution < 1.29 is 18.3 Å². The second kappa shape index (κ2) is 11.0. The van der Waals surface area contributed by atoms with Crippen LogP contribution in [0.15, 0.2) is 48.5 Å². The monoisotopic (exact) mass is 410 g/mol. The molecule has 28 heavy (non-hydrogen) atoms. The number of piperidine rings is 1. The van der Waals surface area contributed by atoms with Gasteiger partial charge in [0.25, 0.3) is 0 Å². The third kappa shape index (κ3) is 6.17. The lowest BCUT2D eigenvalue weighted by atomic mass is 9.86. The van der Waals surface area contributed by atoms with E-state index in [1.165, 1.54) is 6.07 Å². The van der Waals surface area contributed by atoms with Gasteiger partial charge in [-0.3, -0.25) is 4.79 Å². The zero-order valence-corrected chi connectivity index (χ0v) is 16.3. The quantitative estimate of drug-likeness (QED) is 0.682. The van der Waals surface area contributed by atoms with Gasteiger partial charge in [0.15, 0.2) is 11.6 Å². The van der Waals surface area contributed by atoms with Crippen LogP contribution >= 0.6 is 12.4 Å². The Bertz CT molecular complexity index is 761. The summed E-state index contributed by atoms with van der Waals surface area (Å²) in [5.41, 5.74) is 0.716. The standard InChI is InChI=1S/C21H24F2N2O2.ClH/c22-18-9-8-15(13-19(18)23)17-10-11-24-14-20(17)25-21(26)7-4-12-27-16-5-2-1-3-6-16;/h1-3,5-6,8-9,13,17,20,24H,4,7,10-12,14H2,(H,25,26);1H. The van der Waals surface area contributed by atoms with Gasteiger partial charge in [0, 0.05) is 24.9 Å². The molecule has 1 aliphatic rings. The summed E-state index contributed by atoms with van der Waals surface area (Å²) in [4.78, 5) is 12.3. The van der Waals surface area contributed by atoms with Crippen LogP contribution in [-0.2, 0) is 4.79 Å². The first-order valence-corrected chi connectivity index (χ1v) is 9.26. The minimum atomic E-state index is -0.855. The van der Waals surface area contributed by atoms with Crippen LogP contribution in [0.25, 0.3) is 0 Å². The van der Waals surface area contributed by atoms with Crippen molar-refractivity contribution in [3.05, 3.63) is 65.7 Å². The topological polar surface area (TPSA) is 50.4 Å². The first-order valence-electron chi connectivity index (χ1n) is 9.26. The second-order valence-electron chi connectivity index (χ2n) is 6.71. The van der Waals surface area contributed by atoms with E-state index >= 15 is 0 Å². The Morgan fingerprint density at radius 1 is 1.14 bits per heavy atom. The molecule has 2 unspecified atom stereocenters. The molecule has 4 nitrogen and oxygen atoms in total. The molecular formula is C21H25ClF2N2O2. The second-order valence-corrected chi connectivity index (χ2v) is 6.71. The van der Waals surface area contributed by atoms with E-state index in [1.54, 1.807) is 6.07 Å². The molecule has 1 amide bonds. The molecule has 2 N–H and O–H groups in total. The molecule has 1 heterocycles. The third-order valence-electron chi connectivity index (χ3n) is 4.76. The lowest BCUT2D eigenvalue weighted by Gasteiger charge is -2.33. The van der Waals surface area contributed by atoms with Crippen LogP contribution in [0.4, 0.5) is 8.78 Å². The van der Waals surface area contributed by atoms with E-state index in [2.05, 4.69) is 10.6 Å². The molecule has 1 saturated heterocycles. The average Bonchev–Trinajstić information content (AvgIpc) is 2.69. The van der Waals surface area contributed by atoms with E-state index in [0.717, 1.165) is 24.8 Å². The van der Waals surface area contributed by atoms with E-state index in [4.69, 9.17) is 4.74 Å².